The zero-order chi connectivity index (χ0) is 36.3. The number of hydrogen-bond donors (Lipinski definition) is 2. The van der Waals surface area contributed by atoms with Gasteiger partial charge in [-0.05, 0) is 76.6 Å². The Morgan fingerprint density at radius 2 is 1.80 bits per heavy atom. The van der Waals surface area contributed by atoms with Gasteiger partial charge in [0.15, 0.2) is 0 Å². The fourth-order valence-electron chi connectivity index (χ4n) is 6.70. The molecule has 1 amide bonds. The van der Waals surface area contributed by atoms with Crippen LogP contribution in [0.3, 0.4) is 0 Å². The Labute approximate surface area is 288 Å². The summed E-state index contributed by atoms with van der Waals surface area (Å²) in [5, 5.41) is 12.3. The number of halogens is 6. The van der Waals surface area contributed by atoms with Crippen LogP contribution in [0.2, 0.25) is 5.02 Å². The highest BCUT2D eigenvalue weighted by atomic mass is 35.5. The second-order valence-electron chi connectivity index (χ2n) is 12.9. The molecule has 1 fully saturated rings. The van der Waals surface area contributed by atoms with Crippen LogP contribution in [0.1, 0.15) is 54.1 Å². The van der Waals surface area contributed by atoms with E-state index in [1.54, 1.807) is 33.9 Å². The fourth-order valence-corrected chi connectivity index (χ4v) is 7.04. The van der Waals surface area contributed by atoms with Crippen molar-refractivity contribution < 1.29 is 36.6 Å². The van der Waals surface area contributed by atoms with E-state index in [0.717, 1.165) is 43.7 Å². The lowest BCUT2D eigenvalue weighted by molar-refractivity contribution is -0.137. The van der Waals surface area contributed by atoms with Crippen LogP contribution >= 0.6 is 11.6 Å². The molecule has 1 saturated heterocycles. The number of imidazole rings is 1. The number of amides is 1. The predicted molar refractivity (Wildman–Crippen MR) is 180 cm³/mol. The molecular weight excluding hydrogens is 681 g/mol. The van der Waals surface area contributed by atoms with E-state index in [9.17, 15) is 27.9 Å². The Bertz CT molecular complexity index is 2180. The van der Waals surface area contributed by atoms with Crippen LogP contribution in [-0.4, -0.2) is 60.4 Å². The van der Waals surface area contributed by atoms with E-state index < -0.39 is 46.4 Å². The minimum Gasteiger partial charge on any atom is -0.389 e. The minimum atomic E-state index is -4.79. The number of pyridine rings is 1. The molecule has 8 nitrogen and oxygen atoms in total. The maximum absolute atomic E-state index is 15.2. The normalized spacial score (nSPS) is 15.9. The van der Waals surface area contributed by atoms with Gasteiger partial charge in [0.1, 0.15) is 28.7 Å². The van der Waals surface area contributed by atoms with Crippen LogP contribution in [0.25, 0.3) is 27.7 Å². The largest absolute Gasteiger partial charge is 0.417 e. The summed E-state index contributed by atoms with van der Waals surface area (Å²) in [7, 11) is 1.58. The summed E-state index contributed by atoms with van der Waals surface area (Å²) < 4.78 is 76.5. The molecule has 262 valence electrons. The molecule has 0 radical (unpaired) electrons. The van der Waals surface area contributed by atoms with Crippen molar-refractivity contribution in [3.8, 4) is 11.1 Å². The third kappa shape index (κ3) is 6.40. The summed E-state index contributed by atoms with van der Waals surface area (Å²) in [5.74, 6) is -3.54. The first-order chi connectivity index (χ1) is 23.5. The zero-order valence-corrected chi connectivity index (χ0v) is 28.3. The third-order valence-corrected chi connectivity index (χ3v) is 9.55. The number of aliphatic hydroxyl groups is 1. The minimum absolute atomic E-state index is 0.0675. The number of benzene rings is 2. The number of aryl methyl sites for hydroxylation is 2. The highest BCUT2D eigenvalue weighted by Gasteiger charge is 2.37. The van der Waals surface area contributed by atoms with Gasteiger partial charge in [0.05, 0.1) is 32.9 Å². The van der Waals surface area contributed by atoms with E-state index in [1.165, 1.54) is 39.4 Å². The highest BCUT2D eigenvalue weighted by Crippen LogP contribution is 2.46. The lowest BCUT2D eigenvalue weighted by atomic mass is 9.97. The first kappa shape index (κ1) is 35.2. The molecular formula is C36H33ClF5N5O3. The number of nitrogens with zero attached hydrogens (tertiary/aromatic N) is 4. The Morgan fingerprint density at radius 3 is 2.46 bits per heavy atom. The standard InChI is InChI=1S/C36H33ClF5N5O3/c1-19-43-33-27(45(19)4)18-22(36(40,41)42)30(31(33)37)21-8-5-15-47-25(21)11-12-26(47)34(49)20-16-23(38)32(24(39)17-20)44-29(48)10-7-14-46-13-6-9-28(46)35(2,3)50/h5,7-8,10-12,15-18,28,50H,6,9,13-14H2,1-4H3,(H,44,48)/b10-7+. The number of nitrogens with one attached hydrogen (secondary N) is 1. The Balaban J connectivity index is 1.28. The number of alkyl halides is 3. The van der Waals surface area contributed by atoms with Crippen molar-refractivity contribution in [2.45, 2.75) is 51.4 Å². The molecule has 50 heavy (non-hydrogen) atoms. The number of carbonyl (C=O) groups is 2. The van der Waals surface area contributed by atoms with E-state index >= 15 is 8.78 Å². The molecule has 5 aromatic rings. The number of aromatic nitrogens is 3. The van der Waals surface area contributed by atoms with Crippen molar-refractivity contribution >= 4 is 45.5 Å². The van der Waals surface area contributed by atoms with Gasteiger partial charge in [-0.1, -0.05) is 23.7 Å². The smallest absolute Gasteiger partial charge is 0.389 e. The SMILES string of the molecule is Cc1nc2c(Cl)c(-c3cccn4c(C(=O)c5cc(F)c(NC(=O)/C=C/CN6CCCC6C(C)(C)O)c(F)c5)ccc34)c(C(F)(F)F)cc2n1C. The van der Waals surface area contributed by atoms with Crippen molar-refractivity contribution in [1.82, 2.24) is 18.9 Å². The lowest BCUT2D eigenvalue weighted by Crippen LogP contribution is -2.45. The molecule has 0 aliphatic carbocycles. The van der Waals surface area contributed by atoms with Crippen LogP contribution in [0.4, 0.5) is 27.6 Å². The number of ketones is 1. The molecule has 6 rings (SSSR count). The van der Waals surface area contributed by atoms with Gasteiger partial charge >= 0.3 is 6.18 Å². The van der Waals surface area contributed by atoms with Gasteiger partial charge in [0.2, 0.25) is 11.7 Å². The van der Waals surface area contributed by atoms with Crippen molar-refractivity contribution in [3.05, 3.63) is 100 Å². The molecule has 1 atom stereocenters. The Kier molecular flexibility index (Phi) is 9.12. The Hall–Kier alpha value is -4.59. The monoisotopic (exact) mass is 713 g/mol. The summed E-state index contributed by atoms with van der Waals surface area (Å²) in [4.78, 5) is 32.5. The number of rotatable bonds is 8. The maximum atomic E-state index is 15.2. The van der Waals surface area contributed by atoms with Crippen LogP contribution < -0.4 is 5.32 Å². The lowest BCUT2D eigenvalue weighted by Gasteiger charge is -2.33. The van der Waals surface area contributed by atoms with E-state index in [0.29, 0.717) is 12.4 Å². The molecule has 2 aromatic carbocycles. The summed E-state index contributed by atoms with van der Waals surface area (Å²) in [5.41, 5.74) is -2.82. The van der Waals surface area contributed by atoms with Gasteiger partial charge in [-0.15, -0.1) is 0 Å². The van der Waals surface area contributed by atoms with Crippen LogP contribution in [0.5, 0.6) is 0 Å². The van der Waals surface area contributed by atoms with E-state index in [1.807, 2.05) is 4.90 Å². The number of fused-ring (bicyclic) bond motifs is 2. The molecule has 0 saturated carbocycles. The Morgan fingerprint density at radius 1 is 1.10 bits per heavy atom. The molecule has 0 spiro atoms. The third-order valence-electron chi connectivity index (χ3n) is 9.18. The average Bonchev–Trinajstić information content (AvgIpc) is 3.76. The predicted octanol–water partition coefficient (Wildman–Crippen LogP) is 7.71. The van der Waals surface area contributed by atoms with Crippen molar-refractivity contribution in [1.29, 1.82) is 0 Å². The van der Waals surface area contributed by atoms with Crippen molar-refractivity contribution in [3.63, 3.8) is 0 Å². The van der Waals surface area contributed by atoms with Gasteiger partial charge in [-0.2, -0.15) is 13.2 Å². The fraction of sp³-hybridized carbons (Fsp3) is 0.306. The second-order valence-corrected chi connectivity index (χ2v) is 13.3. The number of carbonyl (C=O) groups excluding carboxylic acids is 2. The first-order valence-electron chi connectivity index (χ1n) is 15.8. The molecule has 1 aliphatic rings. The molecule has 1 aliphatic heterocycles. The molecule has 3 aromatic heterocycles. The summed E-state index contributed by atoms with van der Waals surface area (Å²) in [6, 6.07) is 8.09. The van der Waals surface area contributed by atoms with Gasteiger partial charge < -0.3 is 19.4 Å². The number of likely N-dealkylation sites (tertiary alicyclic amines) is 1. The summed E-state index contributed by atoms with van der Waals surface area (Å²) >= 11 is 6.62. The van der Waals surface area contributed by atoms with Gasteiger partial charge in [0, 0.05) is 48.6 Å². The summed E-state index contributed by atoms with van der Waals surface area (Å²) in [6.07, 6.45) is 1.03. The summed E-state index contributed by atoms with van der Waals surface area (Å²) in [6.45, 7) is 6.17. The van der Waals surface area contributed by atoms with Gasteiger partial charge in [0.25, 0.3) is 0 Å². The van der Waals surface area contributed by atoms with E-state index in [-0.39, 0.29) is 50.0 Å². The van der Waals surface area contributed by atoms with E-state index in [4.69, 9.17) is 11.6 Å². The number of hydrogen-bond acceptors (Lipinski definition) is 5. The van der Waals surface area contributed by atoms with Crippen molar-refractivity contribution in [2.75, 3.05) is 18.4 Å². The molecule has 0 bridgehead atoms. The van der Waals surface area contributed by atoms with Crippen molar-refractivity contribution in [2.24, 2.45) is 7.05 Å². The van der Waals surface area contributed by atoms with Gasteiger partial charge in [-0.3, -0.25) is 14.5 Å². The highest BCUT2D eigenvalue weighted by molar-refractivity contribution is 6.38. The van der Waals surface area contributed by atoms with Gasteiger partial charge in [-0.25, -0.2) is 13.8 Å². The maximum Gasteiger partial charge on any atom is 0.417 e. The average molecular weight is 714 g/mol. The van der Waals surface area contributed by atoms with Crippen LogP contribution in [0.15, 0.2) is 60.8 Å². The zero-order valence-electron chi connectivity index (χ0n) is 27.5. The first-order valence-corrected chi connectivity index (χ1v) is 16.2. The molecule has 1 unspecified atom stereocenters. The van der Waals surface area contributed by atoms with Crippen LogP contribution in [0, 0.1) is 18.6 Å². The van der Waals surface area contributed by atoms with Crippen LogP contribution in [-0.2, 0) is 18.0 Å². The molecule has 2 N–H and O–H groups in total. The molecule has 14 heteroatoms. The number of anilines is 1. The molecule has 4 heterocycles. The van der Waals surface area contributed by atoms with E-state index in [2.05, 4.69) is 10.3 Å². The quantitative estimate of drug-likeness (QED) is 0.0977. The topological polar surface area (TPSA) is 91.9 Å². The second kappa shape index (κ2) is 12.9.